The number of carbonyl (C=O) groups excluding carboxylic acids is 1. The molecule has 0 aliphatic carbocycles. The molecule has 1 aliphatic rings. The zero-order valence-electron chi connectivity index (χ0n) is 9.82. The van der Waals surface area contributed by atoms with Gasteiger partial charge in [0.2, 0.25) is 0 Å². The van der Waals surface area contributed by atoms with Crippen LogP contribution in [0.15, 0.2) is 18.2 Å². The zero-order chi connectivity index (χ0) is 12.4. The summed E-state index contributed by atoms with van der Waals surface area (Å²) in [5.74, 6) is -0.0263. The summed E-state index contributed by atoms with van der Waals surface area (Å²) in [6, 6.07) is 5.29. The van der Waals surface area contributed by atoms with Gasteiger partial charge >= 0.3 is 0 Å². The van der Waals surface area contributed by atoms with E-state index in [1.165, 1.54) is 0 Å². The topological polar surface area (TPSA) is 40.5 Å². The number of hydrogen-bond acceptors (Lipinski definition) is 2. The molecule has 1 aromatic rings. The molecule has 1 N–H and O–H groups in total. The fourth-order valence-corrected chi connectivity index (χ4v) is 2.44. The van der Waals surface area contributed by atoms with E-state index in [9.17, 15) is 9.90 Å². The van der Waals surface area contributed by atoms with Crippen LogP contribution in [-0.2, 0) is 0 Å². The van der Waals surface area contributed by atoms with Crippen LogP contribution < -0.4 is 0 Å². The number of aryl methyl sites for hydroxylation is 1. The third-order valence-electron chi connectivity index (χ3n) is 3.28. The molecule has 2 rings (SSSR count). The molecule has 3 nitrogen and oxygen atoms in total. The molecule has 0 aromatic heterocycles. The molecule has 1 saturated heterocycles. The van der Waals surface area contributed by atoms with Crippen LogP contribution in [0.1, 0.15) is 28.8 Å². The largest absolute Gasteiger partial charge is 0.394 e. The van der Waals surface area contributed by atoms with Crippen LogP contribution in [0.4, 0.5) is 0 Å². The molecule has 1 aromatic carbocycles. The first-order chi connectivity index (χ1) is 8.13. The van der Waals surface area contributed by atoms with Gasteiger partial charge in [-0.25, -0.2) is 0 Å². The summed E-state index contributed by atoms with van der Waals surface area (Å²) in [7, 11) is 0. The van der Waals surface area contributed by atoms with Gasteiger partial charge in [-0.2, -0.15) is 0 Å². The first kappa shape index (κ1) is 12.4. The number of rotatable bonds is 2. The molecule has 0 bridgehead atoms. The molecule has 1 heterocycles. The average Bonchev–Trinajstić information content (AvgIpc) is 2.79. The van der Waals surface area contributed by atoms with Crippen LogP contribution in [0.25, 0.3) is 0 Å². The van der Waals surface area contributed by atoms with E-state index >= 15 is 0 Å². The lowest BCUT2D eigenvalue weighted by Gasteiger charge is -2.23. The van der Waals surface area contributed by atoms with Gasteiger partial charge in [-0.15, -0.1) is 0 Å². The van der Waals surface area contributed by atoms with Gasteiger partial charge in [0.05, 0.1) is 12.6 Å². The van der Waals surface area contributed by atoms with Gasteiger partial charge in [-0.05, 0) is 37.5 Å². The number of hydrogen-bond donors (Lipinski definition) is 1. The predicted molar refractivity (Wildman–Crippen MR) is 67.3 cm³/mol. The second kappa shape index (κ2) is 5.07. The molecule has 1 fully saturated rings. The second-order valence-corrected chi connectivity index (χ2v) is 4.87. The molecule has 92 valence electrons. The number of amides is 1. The Kier molecular flexibility index (Phi) is 3.69. The summed E-state index contributed by atoms with van der Waals surface area (Å²) in [4.78, 5) is 14.1. The second-order valence-electron chi connectivity index (χ2n) is 4.44. The number of nitrogens with zero attached hydrogens (tertiary/aromatic N) is 1. The first-order valence-electron chi connectivity index (χ1n) is 5.81. The number of aliphatic hydroxyl groups excluding tert-OH is 1. The molecular weight excluding hydrogens is 238 g/mol. The highest BCUT2D eigenvalue weighted by Gasteiger charge is 2.29. The van der Waals surface area contributed by atoms with Gasteiger partial charge in [0, 0.05) is 17.1 Å². The highest BCUT2D eigenvalue weighted by atomic mass is 35.5. The zero-order valence-corrected chi connectivity index (χ0v) is 10.6. The average molecular weight is 254 g/mol. The molecule has 0 unspecified atom stereocenters. The van der Waals surface area contributed by atoms with Crippen molar-refractivity contribution in [2.24, 2.45) is 0 Å². The Bertz CT molecular complexity index is 433. The Morgan fingerprint density at radius 1 is 1.59 bits per heavy atom. The van der Waals surface area contributed by atoms with Gasteiger partial charge in [0.15, 0.2) is 0 Å². The quantitative estimate of drug-likeness (QED) is 0.878. The van der Waals surface area contributed by atoms with Gasteiger partial charge in [0.25, 0.3) is 5.91 Å². The molecule has 0 radical (unpaired) electrons. The van der Waals surface area contributed by atoms with Crippen molar-refractivity contribution in [1.82, 2.24) is 4.90 Å². The van der Waals surface area contributed by atoms with Crippen molar-refractivity contribution in [2.75, 3.05) is 13.2 Å². The van der Waals surface area contributed by atoms with Crippen molar-refractivity contribution in [2.45, 2.75) is 25.8 Å². The van der Waals surface area contributed by atoms with Crippen LogP contribution in [-0.4, -0.2) is 35.1 Å². The molecule has 0 saturated carbocycles. The Hall–Kier alpha value is -1.06. The van der Waals surface area contributed by atoms with Crippen molar-refractivity contribution < 1.29 is 9.90 Å². The predicted octanol–water partition coefficient (Wildman–Crippen LogP) is 2.25. The van der Waals surface area contributed by atoms with Crippen LogP contribution in [0.3, 0.4) is 0 Å². The summed E-state index contributed by atoms with van der Waals surface area (Å²) in [6.45, 7) is 2.65. The molecule has 4 heteroatoms. The minimum atomic E-state index is -0.0409. The molecule has 1 aliphatic heterocycles. The van der Waals surface area contributed by atoms with Crippen molar-refractivity contribution >= 4 is 17.5 Å². The van der Waals surface area contributed by atoms with Gasteiger partial charge < -0.3 is 10.0 Å². The van der Waals surface area contributed by atoms with E-state index < -0.39 is 0 Å². The van der Waals surface area contributed by atoms with E-state index in [2.05, 4.69) is 0 Å². The molecule has 1 amide bonds. The minimum Gasteiger partial charge on any atom is -0.394 e. The minimum absolute atomic E-state index is 0.0263. The molecule has 1 atom stereocenters. The number of aliphatic hydroxyl groups is 1. The molecule has 17 heavy (non-hydrogen) atoms. The maximum absolute atomic E-state index is 12.3. The van der Waals surface area contributed by atoms with Gasteiger partial charge in [0.1, 0.15) is 0 Å². The van der Waals surface area contributed by atoms with Crippen molar-refractivity contribution in [3.05, 3.63) is 34.3 Å². The lowest BCUT2D eigenvalue weighted by Crippen LogP contribution is -2.37. The Morgan fingerprint density at radius 3 is 3.06 bits per heavy atom. The Labute approximate surface area is 106 Å². The highest BCUT2D eigenvalue weighted by molar-refractivity contribution is 6.31. The summed E-state index contributed by atoms with van der Waals surface area (Å²) in [5.41, 5.74) is 1.56. The smallest absolute Gasteiger partial charge is 0.254 e. The highest BCUT2D eigenvalue weighted by Crippen LogP contribution is 2.23. The van der Waals surface area contributed by atoms with E-state index in [1.54, 1.807) is 17.0 Å². The molecule has 0 spiro atoms. The van der Waals surface area contributed by atoms with E-state index in [-0.39, 0.29) is 18.6 Å². The van der Waals surface area contributed by atoms with E-state index in [0.717, 1.165) is 24.9 Å². The molecular formula is C13H16ClNO2. The van der Waals surface area contributed by atoms with Gasteiger partial charge in [-0.3, -0.25) is 4.79 Å². The number of benzene rings is 1. The van der Waals surface area contributed by atoms with E-state index in [1.807, 2.05) is 13.0 Å². The SMILES string of the molecule is Cc1ccc(Cl)cc1C(=O)N1CCC[C@@H]1CO. The third kappa shape index (κ3) is 2.45. The first-order valence-corrected chi connectivity index (χ1v) is 6.19. The van der Waals surface area contributed by atoms with Crippen molar-refractivity contribution in [3.63, 3.8) is 0 Å². The van der Waals surface area contributed by atoms with Crippen LogP contribution in [0.5, 0.6) is 0 Å². The summed E-state index contributed by atoms with van der Waals surface area (Å²) in [6.07, 6.45) is 1.83. The van der Waals surface area contributed by atoms with E-state index in [4.69, 9.17) is 11.6 Å². The summed E-state index contributed by atoms with van der Waals surface area (Å²) < 4.78 is 0. The monoisotopic (exact) mass is 253 g/mol. The standard InChI is InChI=1S/C13H16ClNO2/c1-9-4-5-10(14)7-12(9)13(17)15-6-2-3-11(15)8-16/h4-5,7,11,16H,2-3,6,8H2,1H3/t11-/m1/s1. The third-order valence-corrected chi connectivity index (χ3v) is 3.51. The Balaban J connectivity index is 2.27. The summed E-state index contributed by atoms with van der Waals surface area (Å²) >= 11 is 5.92. The fraction of sp³-hybridized carbons (Fsp3) is 0.462. The normalized spacial score (nSPS) is 19.7. The van der Waals surface area contributed by atoms with Crippen LogP contribution >= 0.6 is 11.6 Å². The Morgan fingerprint density at radius 2 is 2.35 bits per heavy atom. The van der Waals surface area contributed by atoms with Crippen LogP contribution in [0, 0.1) is 6.92 Å². The van der Waals surface area contributed by atoms with Crippen molar-refractivity contribution in [1.29, 1.82) is 0 Å². The lowest BCUT2D eigenvalue weighted by molar-refractivity contribution is 0.0677. The van der Waals surface area contributed by atoms with Crippen molar-refractivity contribution in [3.8, 4) is 0 Å². The lowest BCUT2D eigenvalue weighted by atomic mass is 10.1. The fourth-order valence-electron chi connectivity index (χ4n) is 2.27. The maximum atomic E-state index is 12.3. The number of halogens is 1. The summed E-state index contributed by atoms with van der Waals surface area (Å²) in [5, 5.41) is 9.80. The van der Waals surface area contributed by atoms with Crippen LogP contribution in [0.2, 0.25) is 5.02 Å². The number of carbonyl (C=O) groups is 1. The number of likely N-dealkylation sites (tertiary alicyclic amines) is 1. The maximum Gasteiger partial charge on any atom is 0.254 e. The van der Waals surface area contributed by atoms with Gasteiger partial charge in [-0.1, -0.05) is 17.7 Å². The van der Waals surface area contributed by atoms with E-state index in [0.29, 0.717) is 10.6 Å².